The topological polar surface area (TPSA) is 74.7 Å². The highest BCUT2D eigenvalue weighted by molar-refractivity contribution is 7.86. The van der Waals surface area contributed by atoms with Gasteiger partial charge in [0.15, 0.2) is 0 Å². The van der Waals surface area contributed by atoms with Gasteiger partial charge in [-0.2, -0.15) is 8.42 Å². The van der Waals surface area contributed by atoms with Crippen LogP contribution < -0.4 is 4.90 Å². The highest BCUT2D eigenvalue weighted by Crippen LogP contribution is 2.30. The van der Waals surface area contributed by atoms with Gasteiger partial charge in [-0.05, 0) is 12.1 Å². The Morgan fingerprint density at radius 3 is 2.74 bits per heavy atom. The molecule has 1 heterocycles. The Bertz CT molecular complexity index is 617. The van der Waals surface area contributed by atoms with E-state index < -0.39 is 33.6 Å². The zero-order valence-electron chi connectivity index (χ0n) is 9.71. The molecule has 1 aromatic rings. The number of carbonyl (C=O) groups is 1. The Balaban J connectivity index is 2.23. The highest BCUT2D eigenvalue weighted by atomic mass is 32.3. The third kappa shape index (κ3) is 3.19. The number of halogens is 2. The van der Waals surface area contributed by atoms with Gasteiger partial charge in [0, 0.05) is 24.9 Å². The molecule has 5 nitrogen and oxygen atoms in total. The smallest absolute Gasteiger partial charge is 0.302 e. The fraction of sp³-hybridized carbons (Fsp3) is 0.364. The summed E-state index contributed by atoms with van der Waals surface area (Å²) in [5, 5.41) is 9.28. The number of carbonyl (C=O) groups excluding carboxylic acids is 1. The number of anilines is 1. The first-order chi connectivity index (χ1) is 8.76. The van der Waals surface area contributed by atoms with Gasteiger partial charge < -0.3 is 10.0 Å². The van der Waals surface area contributed by atoms with E-state index in [1.54, 1.807) is 0 Å². The van der Waals surface area contributed by atoms with E-state index in [4.69, 9.17) is 0 Å². The number of phenols is 1. The van der Waals surface area contributed by atoms with Crippen LogP contribution in [-0.2, 0) is 15.0 Å². The fourth-order valence-electron chi connectivity index (χ4n) is 2.12. The van der Waals surface area contributed by atoms with Gasteiger partial charge in [-0.3, -0.25) is 4.79 Å². The molecule has 0 saturated carbocycles. The van der Waals surface area contributed by atoms with Crippen LogP contribution in [0.2, 0.25) is 0 Å². The lowest BCUT2D eigenvalue weighted by molar-refractivity contribution is -0.117. The van der Waals surface area contributed by atoms with E-state index in [-0.39, 0.29) is 24.4 Å². The molecule has 8 heteroatoms. The average Bonchev–Trinajstić information content (AvgIpc) is 2.60. The van der Waals surface area contributed by atoms with Gasteiger partial charge in [0.25, 0.3) is 0 Å². The lowest BCUT2D eigenvalue weighted by atomic mass is 10.1. The van der Waals surface area contributed by atoms with Gasteiger partial charge in [-0.1, -0.05) is 0 Å². The maximum atomic E-state index is 13.6. The molecule has 1 atom stereocenters. The minimum Gasteiger partial charge on any atom is -0.508 e. The monoisotopic (exact) mass is 291 g/mol. The SMILES string of the molecule is O=C1CC(CS(=O)(=O)F)CN1c1cc(O)ccc1F. The predicted molar refractivity (Wildman–Crippen MR) is 63.4 cm³/mol. The molecule has 1 saturated heterocycles. The molecule has 1 aliphatic rings. The summed E-state index contributed by atoms with van der Waals surface area (Å²) in [5.74, 6) is -2.92. The number of hydrogen-bond donors (Lipinski definition) is 1. The van der Waals surface area contributed by atoms with E-state index in [0.717, 1.165) is 23.1 Å². The second-order valence-electron chi connectivity index (χ2n) is 4.42. The van der Waals surface area contributed by atoms with Crippen molar-refractivity contribution in [2.75, 3.05) is 17.2 Å². The van der Waals surface area contributed by atoms with Gasteiger partial charge in [0.1, 0.15) is 11.6 Å². The molecule has 0 aromatic heterocycles. The number of phenolic OH excluding ortho intramolecular Hbond substituents is 1. The minimum absolute atomic E-state index is 0.0949. The summed E-state index contributed by atoms with van der Waals surface area (Å²) in [6, 6.07) is 3.19. The number of amides is 1. The molecule has 19 heavy (non-hydrogen) atoms. The number of hydrogen-bond acceptors (Lipinski definition) is 4. The van der Waals surface area contributed by atoms with Crippen LogP contribution in [0, 0.1) is 11.7 Å². The Hall–Kier alpha value is -1.70. The van der Waals surface area contributed by atoms with Crippen molar-refractivity contribution < 1.29 is 26.6 Å². The van der Waals surface area contributed by atoms with E-state index in [9.17, 15) is 26.6 Å². The summed E-state index contributed by atoms with van der Waals surface area (Å²) < 4.78 is 47.2. The number of aromatic hydroxyl groups is 1. The summed E-state index contributed by atoms with van der Waals surface area (Å²) in [5.41, 5.74) is -0.135. The lowest BCUT2D eigenvalue weighted by Crippen LogP contribution is -2.26. The van der Waals surface area contributed by atoms with E-state index in [0.29, 0.717) is 0 Å². The van der Waals surface area contributed by atoms with Gasteiger partial charge >= 0.3 is 10.2 Å². The molecular formula is C11H11F2NO4S. The maximum absolute atomic E-state index is 13.6. The molecule has 0 radical (unpaired) electrons. The van der Waals surface area contributed by atoms with Crippen LogP contribution in [0.1, 0.15) is 6.42 Å². The molecule has 1 unspecified atom stereocenters. The normalized spacial score (nSPS) is 20.0. The van der Waals surface area contributed by atoms with E-state index in [1.807, 2.05) is 0 Å². The summed E-state index contributed by atoms with van der Waals surface area (Å²) in [4.78, 5) is 12.7. The van der Waals surface area contributed by atoms with Crippen molar-refractivity contribution in [3.8, 4) is 5.75 Å². The lowest BCUT2D eigenvalue weighted by Gasteiger charge is -2.17. The number of benzene rings is 1. The van der Waals surface area contributed by atoms with Gasteiger partial charge in [-0.25, -0.2) is 4.39 Å². The first kappa shape index (κ1) is 13.7. The highest BCUT2D eigenvalue weighted by Gasteiger charge is 2.34. The van der Waals surface area contributed by atoms with Crippen LogP contribution in [0.5, 0.6) is 5.75 Å². The fourth-order valence-corrected chi connectivity index (χ4v) is 2.90. The molecular weight excluding hydrogens is 280 g/mol. The van der Waals surface area contributed by atoms with Gasteiger partial charge in [-0.15, -0.1) is 3.89 Å². The van der Waals surface area contributed by atoms with Crippen molar-refractivity contribution >= 4 is 21.8 Å². The zero-order chi connectivity index (χ0) is 14.2. The Kier molecular flexibility index (Phi) is 3.44. The Labute approximate surface area is 108 Å². The van der Waals surface area contributed by atoms with E-state index in [2.05, 4.69) is 0 Å². The molecule has 0 aliphatic carbocycles. The third-order valence-electron chi connectivity index (χ3n) is 2.86. The third-order valence-corrected chi connectivity index (χ3v) is 3.73. The zero-order valence-corrected chi connectivity index (χ0v) is 10.5. The molecule has 1 aromatic carbocycles. The average molecular weight is 291 g/mol. The summed E-state index contributed by atoms with van der Waals surface area (Å²) in [6.07, 6.45) is -0.168. The summed E-state index contributed by atoms with van der Waals surface area (Å²) >= 11 is 0. The van der Waals surface area contributed by atoms with Crippen LogP contribution in [0.3, 0.4) is 0 Å². The first-order valence-electron chi connectivity index (χ1n) is 5.47. The second kappa shape index (κ2) is 4.76. The van der Waals surface area contributed by atoms with Crippen molar-refractivity contribution in [1.29, 1.82) is 0 Å². The molecule has 1 aliphatic heterocycles. The van der Waals surface area contributed by atoms with Crippen LogP contribution in [0.4, 0.5) is 14.0 Å². The first-order valence-corrected chi connectivity index (χ1v) is 7.03. The quantitative estimate of drug-likeness (QED) is 0.849. The molecule has 1 N–H and O–H groups in total. The standard InChI is InChI=1S/C11H11F2NO4S/c12-9-2-1-8(15)4-10(9)14-5-7(3-11(14)16)6-19(13,17)18/h1-2,4,7,15H,3,5-6H2. The van der Waals surface area contributed by atoms with Crippen LogP contribution in [0.25, 0.3) is 0 Å². The molecule has 2 rings (SSSR count). The van der Waals surface area contributed by atoms with Crippen molar-refractivity contribution in [1.82, 2.24) is 0 Å². The van der Waals surface area contributed by atoms with Crippen molar-refractivity contribution in [2.24, 2.45) is 5.92 Å². The van der Waals surface area contributed by atoms with Gasteiger partial charge in [0.05, 0.1) is 11.4 Å². The van der Waals surface area contributed by atoms with Gasteiger partial charge in [0.2, 0.25) is 5.91 Å². The summed E-state index contributed by atoms with van der Waals surface area (Å²) in [7, 11) is -4.68. The second-order valence-corrected chi connectivity index (χ2v) is 5.83. The Morgan fingerprint density at radius 1 is 1.42 bits per heavy atom. The van der Waals surface area contributed by atoms with Crippen molar-refractivity contribution in [3.05, 3.63) is 24.0 Å². The molecule has 1 fully saturated rings. The van der Waals surface area contributed by atoms with Crippen LogP contribution in [-0.4, -0.2) is 31.7 Å². The molecule has 1 amide bonds. The van der Waals surface area contributed by atoms with Crippen molar-refractivity contribution in [3.63, 3.8) is 0 Å². The van der Waals surface area contributed by atoms with Crippen LogP contribution in [0.15, 0.2) is 18.2 Å². The van der Waals surface area contributed by atoms with E-state index in [1.165, 1.54) is 0 Å². The van der Waals surface area contributed by atoms with Crippen molar-refractivity contribution in [2.45, 2.75) is 6.42 Å². The van der Waals surface area contributed by atoms with Crippen LogP contribution >= 0.6 is 0 Å². The summed E-state index contributed by atoms with van der Waals surface area (Å²) in [6.45, 7) is -0.0949. The van der Waals surface area contributed by atoms with E-state index >= 15 is 0 Å². The largest absolute Gasteiger partial charge is 0.508 e. The predicted octanol–water partition coefficient (Wildman–Crippen LogP) is 1.18. The Morgan fingerprint density at radius 2 is 2.11 bits per heavy atom. The minimum atomic E-state index is -4.68. The maximum Gasteiger partial charge on any atom is 0.302 e. The molecule has 0 spiro atoms. The number of nitrogens with zero attached hydrogens (tertiary/aromatic N) is 1. The molecule has 0 bridgehead atoms. The number of rotatable bonds is 3. The molecule has 104 valence electrons.